The van der Waals surface area contributed by atoms with E-state index in [1.165, 1.54) is 0 Å². The van der Waals surface area contributed by atoms with Crippen LogP contribution in [0.1, 0.15) is 0 Å². The van der Waals surface area contributed by atoms with Gasteiger partial charge in [-0.2, -0.15) is 13.6 Å². The van der Waals surface area contributed by atoms with E-state index in [1.807, 2.05) is 24.3 Å². The molecule has 18 heavy (non-hydrogen) atoms. The van der Waals surface area contributed by atoms with Crippen LogP contribution in [0.15, 0.2) is 53.0 Å². The van der Waals surface area contributed by atoms with Crippen LogP contribution in [0, 0.1) is 0 Å². The Bertz CT molecular complexity index is 653. The van der Waals surface area contributed by atoms with Crippen molar-refractivity contribution < 1.29 is 12.6 Å². The van der Waals surface area contributed by atoms with Gasteiger partial charge in [0, 0.05) is 4.47 Å². The fourth-order valence-electron chi connectivity index (χ4n) is 1.52. The highest BCUT2D eigenvalue weighted by Crippen LogP contribution is 2.29. The summed E-state index contributed by atoms with van der Waals surface area (Å²) >= 11 is 3.45. The summed E-state index contributed by atoms with van der Waals surface area (Å²) in [7, 11) is -3.97. The van der Waals surface area contributed by atoms with Gasteiger partial charge >= 0.3 is 10.3 Å². The van der Waals surface area contributed by atoms with Crippen molar-refractivity contribution in [2.45, 2.75) is 0 Å². The number of hydrogen-bond donors (Lipinski definition) is 1. The molecule has 0 bridgehead atoms. The van der Waals surface area contributed by atoms with Crippen molar-refractivity contribution in [3.63, 3.8) is 0 Å². The van der Waals surface area contributed by atoms with Crippen LogP contribution in [0.5, 0.6) is 5.75 Å². The molecular formula is C12H10BrNO3S. The molecule has 0 atom stereocenters. The molecule has 0 aliphatic carbocycles. The van der Waals surface area contributed by atoms with Crippen molar-refractivity contribution in [1.82, 2.24) is 0 Å². The van der Waals surface area contributed by atoms with Gasteiger partial charge in [0.05, 0.1) is 0 Å². The lowest BCUT2D eigenvalue weighted by atomic mass is 10.1. The zero-order valence-electron chi connectivity index (χ0n) is 9.21. The Morgan fingerprint density at radius 2 is 1.61 bits per heavy atom. The first kappa shape index (κ1) is 13.1. The lowest BCUT2D eigenvalue weighted by Gasteiger charge is -2.06. The van der Waals surface area contributed by atoms with Crippen LogP contribution in [0.3, 0.4) is 0 Å². The highest BCUT2D eigenvalue weighted by Gasteiger charge is 2.06. The van der Waals surface area contributed by atoms with Crippen molar-refractivity contribution in [2.24, 2.45) is 5.14 Å². The molecule has 0 saturated heterocycles. The summed E-state index contributed by atoms with van der Waals surface area (Å²) in [6.07, 6.45) is 0. The van der Waals surface area contributed by atoms with Gasteiger partial charge in [0.1, 0.15) is 5.75 Å². The minimum atomic E-state index is -3.97. The Labute approximate surface area is 114 Å². The second-order valence-corrected chi connectivity index (χ2v) is 5.59. The van der Waals surface area contributed by atoms with Crippen molar-refractivity contribution in [3.8, 4) is 16.9 Å². The van der Waals surface area contributed by atoms with Crippen LogP contribution < -0.4 is 9.32 Å². The summed E-state index contributed by atoms with van der Waals surface area (Å²) in [5.41, 5.74) is 1.96. The predicted molar refractivity (Wildman–Crippen MR) is 73.3 cm³/mol. The molecule has 2 aromatic carbocycles. The number of halogens is 1. The van der Waals surface area contributed by atoms with Crippen molar-refractivity contribution >= 4 is 26.2 Å². The third-order valence-electron chi connectivity index (χ3n) is 2.25. The maximum absolute atomic E-state index is 10.8. The number of hydrogen-bond acceptors (Lipinski definition) is 3. The lowest BCUT2D eigenvalue weighted by molar-refractivity contribution is 0.488. The maximum atomic E-state index is 10.8. The first-order chi connectivity index (χ1) is 8.46. The van der Waals surface area contributed by atoms with E-state index in [0.29, 0.717) is 0 Å². The predicted octanol–water partition coefficient (Wildman–Crippen LogP) is 2.70. The second-order valence-electron chi connectivity index (χ2n) is 3.58. The van der Waals surface area contributed by atoms with E-state index in [0.717, 1.165) is 15.6 Å². The molecule has 0 amide bonds. The Hall–Kier alpha value is -1.37. The Kier molecular flexibility index (Phi) is 3.70. The van der Waals surface area contributed by atoms with E-state index in [9.17, 15) is 8.42 Å². The third kappa shape index (κ3) is 3.32. The zero-order chi connectivity index (χ0) is 13.2. The van der Waals surface area contributed by atoms with E-state index >= 15 is 0 Å². The monoisotopic (exact) mass is 327 g/mol. The topological polar surface area (TPSA) is 69.4 Å². The molecule has 0 heterocycles. The molecule has 0 aromatic heterocycles. The van der Waals surface area contributed by atoms with Crippen molar-refractivity contribution in [1.29, 1.82) is 0 Å². The zero-order valence-corrected chi connectivity index (χ0v) is 11.6. The van der Waals surface area contributed by atoms with E-state index in [1.54, 1.807) is 24.3 Å². The number of benzene rings is 2. The van der Waals surface area contributed by atoms with Gasteiger partial charge in [-0.3, -0.25) is 0 Å². The summed E-state index contributed by atoms with van der Waals surface area (Å²) < 4.78 is 27.0. The van der Waals surface area contributed by atoms with E-state index in [-0.39, 0.29) is 5.75 Å². The first-order valence-corrected chi connectivity index (χ1v) is 7.29. The Balaban J connectivity index is 2.31. The molecule has 0 aliphatic heterocycles. The molecule has 4 nitrogen and oxygen atoms in total. The Morgan fingerprint density at radius 3 is 2.17 bits per heavy atom. The van der Waals surface area contributed by atoms with Crippen molar-refractivity contribution in [2.75, 3.05) is 0 Å². The van der Waals surface area contributed by atoms with Gasteiger partial charge in [-0.05, 0) is 29.3 Å². The minimum absolute atomic E-state index is 0.188. The van der Waals surface area contributed by atoms with Gasteiger partial charge in [-0.15, -0.1) is 0 Å². The van der Waals surface area contributed by atoms with Crippen LogP contribution in [0.25, 0.3) is 11.1 Å². The third-order valence-corrected chi connectivity index (χ3v) is 3.37. The average molecular weight is 328 g/mol. The van der Waals surface area contributed by atoms with Crippen molar-refractivity contribution in [3.05, 3.63) is 53.0 Å². The van der Waals surface area contributed by atoms with E-state index < -0.39 is 10.3 Å². The van der Waals surface area contributed by atoms with Gasteiger partial charge in [-0.1, -0.05) is 46.3 Å². The molecule has 94 valence electrons. The molecular weight excluding hydrogens is 318 g/mol. The number of nitrogens with two attached hydrogens (primary N) is 1. The summed E-state index contributed by atoms with van der Waals surface area (Å²) in [6, 6.07) is 14.4. The van der Waals surface area contributed by atoms with Gasteiger partial charge in [-0.25, -0.2) is 0 Å². The molecule has 0 fully saturated rings. The van der Waals surface area contributed by atoms with Gasteiger partial charge in [0.15, 0.2) is 0 Å². The summed E-state index contributed by atoms with van der Waals surface area (Å²) in [6.45, 7) is 0. The number of rotatable bonds is 3. The first-order valence-electron chi connectivity index (χ1n) is 5.03. The maximum Gasteiger partial charge on any atom is 0.380 e. The molecule has 6 heteroatoms. The molecule has 0 spiro atoms. The van der Waals surface area contributed by atoms with Crippen LogP contribution in [0.2, 0.25) is 0 Å². The smallest absolute Gasteiger partial charge is 0.371 e. The standard InChI is InChI=1S/C12H10BrNO3S/c13-12-4-2-1-3-11(12)9-5-7-10(8-6-9)17-18(14,15)16/h1-8H,(H2,14,15,16). The summed E-state index contributed by atoms with van der Waals surface area (Å²) in [5, 5.41) is 4.78. The van der Waals surface area contributed by atoms with Gasteiger partial charge < -0.3 is 4.18 Å². The fourth-order valence-corrected chi connectivity index (χ4v) is 2.41. The lowest BCUT2D eigenvalue weighted by Crippen LogP contribution is -2.18. The van der Waals surface area contributed by atoms with Crippen LogP contribution in [0.4, 0.5) is 0 Å². The fraction of sp³-hybridized carbons (Fsp3) is 0. The largest absolute Gasteiger partial charge is 0.380 e. The Morgan fingerprint density at radius 1 is 1.00 bits per heavy atom. The average Bonchev–Trinajstić information content (AvgIpc) is 2.29. The van der Waals surface area contributed by atoms with E-state index in [4.69, 9.17) is 5.14 Å². The second kappa shape index (κ2) is 5.09. The summed E-state index contributed by atoms with van der Waals surface area (Å²) in [5.74, 6) is 0.188. The molecule has 0 aliphatic rings. The van der Waals surface area contributed by atoms with E-state index in [2.05, 4.69) is 20.1 Å². The van der Waals surface area contributed by atoms with Crippen LogP contribution in [-0.2, 0) is 10.3 Å². The summed E-state index contributed by atoms with van der Waals surface area (Å²) in [4.78, 5) is 0. The quantitative estimate of drug-likeness (QED) is 0.942. The highest BCUT2D eigenvalue weighted by atomic mass is 79.9. The molecule has 2 rings (SSSR count). The molecule has 0 radical (unpaired) electrons. The van der Waals surface area contributed by atoms with Crippen LogP contribution in [-0.4, -0.2) is 8.42 Å². The molecule has 0 unspecified atom stereocenters. The van der Waals surface area contributed by atoms with Gasteiger partial charge in [0.25, 0.3) is 0 Å². The minimum Gasteiger partial charge on any atom is -0.371 e. The molecule has 2 N–H and O–H groups in total. The highest BCUT2D eigenvalue weighted by molar-refractivity contribution is 9.10. The molecule has 0 saturated carbocycles. The molecule has 2 aromatic rings. The van der Waals surface area contributed by atoms with Gasteiger partial charge in [0.2, 0.25) is 0 Å². The SMILES string of the molecule is NS(=O)(=O)Oc1ccc(-c2ccccc2Br)cc1. The normalized spacial score (nSPS) is 11.2. The van der Waals surface area contributed by atoms with Crippen LogP contribution >= 0.6 is 15.9 Å².